The third-order valence-corrected chi connectivity index (χ3v) is 7.72. The van der Waals surface area contributed by atoms with Crippen molar-refractivity contribution in [2.24, 2.45) is 7.05 Å². The van der Waals surface area contributed by atoms with Crippen LogP contribution in [0.25, 0.3) is 11.1 Å². The van der Waals surface area contributed by atoms with Crippen LogP contribution in [0.3, 0.4) is 0 Å². The normalized spacial score (nSPS) is 13.2. The van der Waals surface area contributed by atoms with Crippen LogP contribution in [0, 0.1) is 0 Å². The average Bonchev–Trinajstić information content (AvgIpc) is 3.29. The molecule has 0 fully saturated rings. The fraction of sp³-hybridized carbons (Fsp3) is 0.367. The number of amides is 2. The number of rotatable bonds is 11. The van der Waals surface area contributed by atoms with Gasteiger partial charge >= 0.3 is 0 Å². The molecule has 9 nitrogen and oxygen atoms in total. The summed E-state index contributed by atoms with van der Waals surface area (Å²) in [7, 11) is 3.56. The van der Waals surface area contributed by atoms with Gasteiger partial charge in [0.25, 0.3) is 11.8 Å². The summed E-state index contributed by atoms with van der Waals surface area (Å²) in [5, 5.41) is 16.1. The van der Waals surface area contributed by atoms with Crippen molar-refractivity contribution < 1.29 is 9.59 Å². The van der Waals surface area contributed by atoms with Crippen LogP contribution in [0.15, 0.2) is 48.2 Å². The summed E-state index contributed by atoms with van der Waals surface area (Å²) in [6, 6.07) is 11.1. The fourth-order valence-electron chi connectivity index (χ4n) is 4.75. The largest absolute Gasteiger partial charge is 0.384 e. The van der Waals surface area contributed by atoms with Crippen LogP contribution in [-0.4, -0.2) is 47.5 Å². The molecule has 1 aromatic heterocycles. The number of nitrogens with one attached hydrogen (secondary N) is 5. The van der Waals surface area contributed by atoms with E-state index in [1.807, 2.05) is 29.8 Å². The number of allylic oxidation sites excluding steroid dienone is 1. The second kappa shape index (κ2) is 14.0. The number of carbonyl (C=O) groups excluding carboxylic acids is 2. The van der Waals surface area contributed by atoms with Gasteiger partial charge in [-0.05, 0) is 31.5 Å². The average molecular weight is 599 g/mol. The molecule has 2 aromatic carbocycles. The van der Waals surface area contributed by atoms with Gasteiger partial charge in [0.15, 0.2) is 5.82 Å². The number of fused-ring (bicyclic) bond motifs is 1. The lowest BCUT2D eigenvalue weighted by atomic mass is 10.0. The van der Waals surface area contributed by atoms with E-state index in [0.29, 0.717) is 56.7 Å². The Morgan fingerprint density at radius 2 is 1.73 bits per heavy atom. The maximum Gasteiger partial charge on any atom is 0.291 e. The first kappa shape index (κ1) is 30.6. The molecule has 41 heavy (non-hydrogen) atoms. The summed E-state index contributed by atoms with van der Waals surface area (Å²) in [5.74, 6) is -0.310. The van der Waals surface area contributed by atoms with Crippen molar-refractivity contribution in [3.63, 3.8) is 0 Å². The van der Waals surface area contributed by atoms with Crippen molar-refractivity contribution in [2.45, 2.75) is 45.7 Å². The molecule has 1 aliphatic rings. The van der Waals surface area contributed by atoms with Crippen LogP contribution in [0.4, 0.5) is 11.4 Å². The number of aromatic nitrogens is 2. The van der Waals surface area contributed by atoms with Gasteiger partial charge in [-0.25, -0.2) is 4.98 Å². The van der Waals surface area contributed by atoms with E-state index in [0.717, 1.165) is 43.7 Å². The lowest BCUT2D eigenvalue weighted by Gasteiger charge is -2.15. The number of unbranched alkanes of at least 4 members (excludes halogenated alkanes) is 1. The molecule has 0 unspecified atom stereocenters. The first-order valence-corrected chi connectivity index (χ1v) is 14.5. The van der Waals surface area contributed by atoms with E-state index in [1.165, 1.54) is 0 Å². The lowest BCUT2D eigenvalue weighted by Crippen LogP contribution is -2.24. The van der Waals surface area contributed by atoms with Crippen LogP contribution >= 0.6 is 23.2 Å². The van der Waals surface area contributed by atoms with Gasteiger partial charge in [-0.15, -0.1) is 0 Å². The van der Waals surface area contributed by atoms with E-state index in [4.69, 9.17) is 23.2 Å². The van der Waals surface area contributed by atoms with Gasteiger partial charge in [-0.2, -0.15) is 0 Å². The van der Waals surface area contributed by atoms with Gasteiger partial charge < -0.3 is 31.2 Å². The number of nitrogens with zero attached hydrogens (tertiary/aromatic N) is 2. The van der Waals surface area contributed by atoms with Crippen molar-refractivity contribution in [3.05, 3.63) is 75.4 Å². The third kappa shape index (κ3) is 7.29. The molecule has 0 aliphatic carbocycles. The molecule has 0 atom stereocenters. The summed E-state index contributed by atoms with van der Waals surface area (Å²) in [5.41, 5.74) is 4.54. The molecule has 11 heteroatoms. The molecule has 3 aromatic rings. The summed E-state index contributed by atoms with van der Waals surface area (Å²) in [6.45, 7) is 6.57. The Hall–Kier alpha value is -3.37. The fourth-order valence-corrected chi connectivity index (χ4v) is 5.30. The van der Waals surface area contributed by atoms with Crippen LogP contribution in [0.5, 0.6) is 0 Å². The Labute approximate surface area is 251 Å². The topological polar surface area (TPSA) is 112 Å². The van der Waals surface area contributed by atoms with E-state index in [9.17, 15) is 9.59 Å². The highest BCUT2D eigenvalue weighted by atomic mass is 35.5. The molecule has 4 rings (SSSR count). The van der Waals surface area contributed by atoms with Crippen molar-refractivity contribution in [1.82, 2.24) is 25.5 Å². The predicted molar refractivity (Wildman–Crippen MR) is 167 cm³/mol. The minimum atomic E-state index is -0.348. The first-order chi connectivity index (χ1) is 19.7. The zero-order chi connectivity index (χ0) is 29.5. The number of halogens is 2. The highest BCUT2D eigenvalue weighted by Gasteiger charge is 2.23. The van der Waals surface area contributed by atoms with Gasteiger partial charge in [-0.3, -0.25) is 9.59 Å². The number of hydrogen-bond acceptors (Lipinski definition) is 6. The Morgan fingerprint density at radius 3 is 2.34 bits per heavy atom. The Bertz CT molecular complexity index is 1450. The lowest BCUT2D eigenvalue weighted by molar-refractivity contribution is -0.113. The molecule has 0 saturated carbocycles. The van der Waals surface area contributed by atoms with Gasteiger partial charge in [0.05, 0.1) is 32.8 Å². The molecule has 0 bridgehead atoms. The Balaban J connectivity index is 1.51. The highest BCUT2D eigenvalue weighted by molar-refractivity contribution is 6.40. The Kier molecular flexibility index (Phi) is 10.4. The minimum absolute atomic E-state index is 0.288. The minimum Gasteiger partial charge on any atom is -0.384 e. The zero-order valence-electron chi connectivity index (χ0n) is 23.8. The quantitative estimate of drug-likeness (QED) is 0.155. The van der Waals surface area contributed by atoms with Crippen molar-refractivity contribution in [1.29, 1.82) is 0 Å². The summed E-state index contributed by atoms with van der Waals surface area (Å²) < 4.78 is 1.84. The molecule has 5 N–H and O–H groups in total. The van der Waals surface area contributed by atoms with E-state index >= 15 is 0 Å². The molecular formula is C30H37Cl2N7O2. The molecular weight excluding hydrogens is 561 g/mol. The monoisotopic (exact) mass is 597 g/mol. The molecule has 0 saturated heterocycles. The highest BCUT2D eigenvalue weighted by Crippen LogP contribution is 2.40. The zero-order valence-corrected chi connectivity index (χ0v) is 25.3. The van der Waals surface area contributed by atoms with E-state index in [-0.39, 0.29) is 11.8 Å². The van der Waals surface area contributed by atoms with Gasteiger partial charge in [0.1, 0.15) is 0 Å². The van der Waals surface area contributed by atoms with Crippen molar-refractivity contribution in [3.8, 4) is 11.1 Å². The molecule has 1 aliphatic heterocycles. The van der Waals surface area contributed by atoms with Crippen LogP contribution in [-0.2, 0) is 24.8 Å². The number of imidazole rings is 1. The van der Waals surface area contributed by atoms with E-state index < -0.39 is 0 Å². The Morgan fingerprint density at radius 1 is 1.07 bits per heavy atom. The van der Waals surface area contributed by atoms with Crippen LogP contribution in [0.1, 0.15) is 48.7 Å². The number of hydrogen-bond donors (Lipinski definition) is 5. The smallest absolute Gasteiger partial charge is 0.291 e. The van der Waals surface area contributed by atoms with Gasteiger partial charge in [-0.1, -0.05) is 67.4 Å². The van der Waals surface area contributed by atoms with Gasteiger partial charge in [0.2, 0.25) is 0 Å². The maximum atomic E-state index is 13.2. The first-order valence-electron chi connectivity index (χ1n) is 13.8. The SMILES string of the molecule is CN/C(=C\CCCNC(C)C)C(=O)Nc1cccc(-c2cccc(NC(=O)c3nc4c(n3C)CCNC4)c2Cl)c1Cl. The number of carbonyl (C=O) groups is 2. The number of benzene rings is 2. The predicted octanol–water partition coefficient (Wildman–Crippen LogP) is 5.11. The molecule has 2 amide bonds. The summed E-state index contributed by atoms with van der Waals surface area (Å²) in [4.78, 5) is 30.7. The number of likely N-dealkylation sites (N-methyl/N-ethyl adjacent to an activating group) is 1. The summed E-state index contributed by atoms with van der Waals surface area (Å²) >= 11 is 13.6. The third-order valence-electron chi connectivity index (χ3n) is 6.91. The van der Waals surface area contributed by atoms with Crippen LogP contribution in [0.2, 0.25) is 10.0 Å². The van der Waals surface area contributed by atoms with Crippen molar-refractivity contribution in [2.75, 3.05) is 30.8 Å². The molecule has 0 spiro atoms. The second-order valence-corrected chi connectivity index (χ2v) is 10.9. The standard InChI is InChI=1S/C30H37Cl2N7O2/c1-18(2)35-15-6-5-11-23(33-3)29(40)37-21-12-7-9-19(26(21)31)20-10-8-13-22(27(20)32)38-30(41)28-36-24-17-34-16-14-25(24)39(28)4/h7-13,18,33-35H,5-6,14-17H2,1-4H3,(H,37,40)(H,38,41)/b23-11-. The van der Waals surface area contributed by atoms with E-state index in [2.05, 4.69) is 45.4 Å². The van der Waals surface area contributed by atoms with Gasteiger partial charge in [0, 0.05) is 56.5 Å². The maximum absolute atomic E-state index is 13.2. The molecule has 0 radical (unpaired) electrons. The van der Waals surface area contributed by atoms with Crippen molar-refractivity contribution >= 4 is 46.4 Å². The van der Waals surface area contributed by atoms with E-state index in [1.54, 1.807) is 31.3 Å². The second-order valence-electron chi connectivity index (χ2n) is 10.2. The van der Waals surface area contributed by atoms with Crippen LogP contribution < -0.4 is 26.6 Å². The summed E-state index contributed by atoms with van der Waals surface area (Å²) in [6.07, 6.45) is 4.36. The number of anilines is 2. The molecule has 2 heterocycles. The molecule has 218 valence electrons.